The molecule has 0 unspecified atom stereocenters. The minimum Gasteiger partial charge on any atom is -0.452 e. The van der Waals surface area contributed by atoms with Gasteiger partial charge in [-0.15, -0.1) is 0 Å². The maximum absolute atomic E-state index is 12.6. The summed E-state index contributed by atoms with van der Waals surface area (Å²) in [6.45, 7) is 1.79. The number of amides is 1. The molecule has 2 aromatic rings. The Kier molecular flexibility index (Phi) is 4.04. The molecule has 1 atom stereocenters. The number of hydrogen-bond acceptors (Lipinski definition) is 3. The van der Waals surface area contributed by atoms with Crippen LogP contribution in [-0.4, -0.2) is 24.5 Å². The maximum atomic E-state index is 12.6. The minimum atomic E-state index is -0.428. The third-order valence-corrected chi connectivity index (χ3v) is 5.14. The number of anilines is 1. The summed E-state index contributed by atoms with van der Waals surface area (Å²) in [7, 11) is 0. The molecule has 128 valence electrons. The summed E-state index contributed by atoms with van der Waals surface area (Å²) in [6.07, 6.45) is 4.06. The predicted octanol–water partition coefficient (Wildman–Crippen LogP) is 3.31. The van der Waals surface area contributed by atoms with Crippen molar-refractivity contribution in [3.8, 4) is 0 Å². The largest absolute Gasteiger partial charge is 0.452 e. The van der Waals surface area contributed by atoms with Gasteiger partial charge in [0.1, 0.15) is 0 Å². The van der Waals surface area contributed by atoms with Gasteiger partial charge in [-0.05, 0) is 67.5 Å². The molecule has 0 radical (unpaired) electrons. The lowest BCUT2D eigenvalue weighted by molar-refractivity contribution is -0.122. The van der Waals surface area contributed by atoms with Crippen LogP contribution in [-0.2, 0) is 28.8 Å². The van der Waals surface area contributed by atoms with Crippen LogP contribution in [0.3, 0.4) is 0 Å². The Balaban J connectivity index is 1.43. The van der Waals surface area contributed by atoms with Crippen LogP contribution in [0.25, 0.3) is 0 Å². The van der Waals surface area contributed by atoms with E-state index in [2.05, 4.69) is 0 Å². The van der Waals surface area contributed by atoms with Crippen LogP contribution < -0.4 is 4.90 Å². The fourth-order valence-corrected chi connectivity index (χ4v) is 3.92. The number of fused-ring (bicyclic) bond motifs is 2. The zero-order valence-corrected chi connectivity index (χ0v) is 14.3. The minimum absolute atomic E-state index is 0.0867. The molecule has 1 aliphatic carbocycles. The second-order valence-electron chi connectivity index (χ2n) is 6.86. The first kappa shape index (κ1) is 15.9. The van der Waals surface area contributed by atoms with Crippen molar-refractivity contribution in [3.63, 3.8) is 0 Å². The van der Waals surface area contributed by atoms with Gasteiger partial charge in [-0.1, -0.05) is 24.3 Å². The van der Waals surface area contributed by atoms with E-state index in [1.54, 1.807) is 11.0 Å². The van der Waals surface area contributed by atoms with Gasteiger partial charge >= 0.3 is 5.97 Å². The van der Waals surface area contributed by atoms with Crippen molar-refractivity contribution in [2.75, 3.05) is 11.5 Å². The fourth-order valence-electron chi connectivity index (χ4n) is 3.92. The maximum Gasteiger partial charge on any atom is 0.338 e. The number of carbonyl (C=O) groups excluding carboxylic acids is 2. The van der Waals surface area contributed by atoms with E-state index >= 15 is 0 Å². The van der Waals surface area contributed by atoms with E-state index in [1.807, 2.05) is 43.3 Å². The van der Waals surface area contributed by atoms with E-state index in [0.29, 0.717) is 5.56 Å². The highest BCUT2D eigenvalue weighted by molar-refractivity contribution is 5.99. The number of carbonyl (C=O) groups is 2. The number of rotatable bonds is 3. The lowest BCUT2D eigenvalue weighted by Gasteiger charge is -2.22. The summed E-state index contributed by atoms with van der Waals surface area (Å²) in [4.78, 5) is 26.6. The summed E-state index contributed by atoms with van der Waals surface area (Å²) in [5.74, 6) is -0.602. The zero-order chi connectivity index (χ0) is 17.4. The van der Waals surface area contributed by atoms with Crippen LogP contribution >= 0.6 is 0 Å². The van der Waals surface area contributed by atoms with E-state index in [1.165, 1.54) is 11.1 Å². The van der Waals surface area contributed by atoms with Crippen LogP contribution in [0.4, 0.5) is 5.69 Å². The molecule has 4 rings (SSSR count). The summed E-state index contributed by atoms with van der Waals surface area (Å²) in [5.41, 5.74) is 5.16. The highest BCUT2D eigenvalue weighted by atomic mass is 16.5. The Morgan fingerprint density at radius 3 is 2.76 bits per heavy atom. The van der Waals surface area contributed by atoms with Crippen molar-refractivity contribution in [2.24, 2.45) is 0 Å². The molecule has 0 aromatic heterocycles. The molecule has 0 saturated heterocycles. The number of para-hydroxylation sites is 1. The monoisotopic (exact) mass is 335 g/mol. The standard InChI is InChI=1S/C21H21NO3/c1-14-11-17-5-2-3-8-19(17)22(14)20(23)13-25-21(24)18-10-9-15-6-4-7-16(15)12-18/h2-3,5,8-10,12,14H,4,6-7,11,13H2,1H3/t14-/m1/s1. The van der Waals surface area contributed by atoms with E-state index < -0.39 is 5.97 Å². The van der Waals surface area contributed by atoms with Gasteiger partial charge in [0, 0.05) is 11.7 Å². The third kappa shape index (κ3) is 2.93. The number of hydrogen-bond donors (Lipinski definition) is 0. The number of ether oxygens (including phenoxy) is 1. The quantitative estimate of drug-likeness (QED) is 0.809. The predicted molar refractivity (Wildman–Crippen MR) is 95.8 cm³/mol. The molecule has 0 saturated carbocycles. The Morgan fingerprint density at radius 1 is 1.08 bits per heavy atom. The van der Waals surface area contributed by atoms with Gasteiger partial charge < -0.3 is 9.64 Å². The Hall–Kier alpha value is -2.62. The Morgan fingerprint density at radius 2 is 1.88 bits per heavy atom. The zero-order valence-electron chi connectivity index (χ0n) is 14.3. The lowest BCUT2D eigenvalue weighted by Crippen LogP contribution is -2.38. The molecule has 0 bridgehead atoms. The van der Waals surface area contributed by atoms with Crippen molar-refractivity contribution in [2.45, 2.75) is 38.6 Å². The molecule has 0 N–H and O–H groups in total. The van der Waals surface area contributed by atoms with Crippen LogP contribution in [0.1, 0.15) is 40.4 Å². The normalized spacial score (nSPS) is 18.0. The summed E-state index contributed by atoms with van der Waals surface area (Å²) < 4.78 is 5.30. The number of nitrogens with zero attached hydrogens (tertiary/aromatic N) is 1. The highest BCUT2D eigenvalue weighted by Gasteiger charge is 2.31. The molecule has 4 heteroatoms. The van der Waals surface area contributed by atoms with Crippen LogP contribution in [0.2, 0.25) is 0 Å². The summed E-state index contributed by atoms with van der Waals surface area (Å²) in [6, 6.07) is 13.7. The van der Waals surface area contributed by atoms with Crippen LogP contribution in [0.15, 0.2) is 42.5 Å². The second kappa shape index (κ2) is 6.36. The number of benzene rings is 2. The van der Waals surface area contributed by atoms with Crippen molar-refractivity contribution >= 4 is 17.6 Å². The van der Waals surface area contributed by atoms with Gasteiger partial charge in [-0.25, -0.2) is 4.79 Å². The molecule has 0 fully saturated rings. The molecule has 2 aliphatic rings. The molecular weight excluding hydrogens is 314 g/mol. The highest BCUT2D eigenvalue weighted by Crippen LogP contribution is 2.31. The van der Waals surface area contributed by atoms with Gasteiger partial charge in [-0.2, -0.15) is 0 Å². The average molecular weight is 335 g/mol. The first-order valence-electron chi connectivity index (χ1n) is 8.82. The van der Waals surface area contributed by atoms with Crippen molar-refractivity contribution in [3.05, 3.63) is 64.7 Å². The van der Waals surface area contributed by atoms with E-state index in [0.717, 1.165) is 36.9 Å². The summed E-state index contributed by atoms with van der Waals surface area (Å²) >= 11 is 0. The van der Waals surface area contributed by atoms with Gasteiger partial charge in [-0.3, -0.25) is 4.79 Å². The first-order valence-corrected chi connectivity index (χ1v) is 8.82. The smallest absolute Gasteiger partial charge is 0.338 e. The van der Waals surface area contributed by atoms with Crippen LogP contribution in [0.5, 0.6) is 0 Å². The summed E-state index contributed by atoms with van der Waals surface area (Å²) in [5, 5.41) is 0. The van der Waals surface area contributed by atoms with E-state index in [9.17, 15) is 9.59 Å². The molecule has 1 aliphatic heterocycles. The molecule has 2 aromatic carbocycles. The van der Waals surface area contributed by atoms with E-state index in [4.69, 9.17) is 4.74 Å². The molecule has 1 amide bonds. The average Bonchev–Trinajstić information content (AvgIpc) is 3.21. The van der Waals surface area contributed by atoms with Gasteiger partial charge in [0.15, 0.2) is 6.61 Å². The fraction of sp³-hybridized carbons (Fsp3) is 0.333. The van der Waals surface area contributed by atoms with Crippen LogP contribution in [0, 0.1) is 0 Å². The number of esters is 1. The molecular formula is C21H21NO3. The van der Waals surface area contributed by atoms with Gasteiger partial charge in [0.25, 0.3) is 5.91 Å². The lowest BCUT2D eigenvalue weighted by atomic mass is 10.1. The van der Waals surface area contributed by atoms with Crippen molar-refractivity contribution in [1.29, 1.82) is 0 Å². The second-order valence-corrected chi connectivity index (χ2v) is 6.86. The third-order valence-electron chi connectivity index (χ3n) is 5.14. The Labute approximate surface area is 147 Å². The molecule has 25 heavy (non-hydrogen) atoms. The topological polar surface area (TPSA) is 46.6 Å². The molecule has 0 spiro atoms. The number of aryl methyl sites for hydroxylation is 2. The SMILES string of the molecule is C[C@@H]1Cc2ccccc2N1C(=O)COC(=O)c1ccc2c(c1)CCC2. The van der Waals surface area contributed by atoms with Crippen molar-refractivity contribution < 1.29 is 14.3 Å². The van der Waals surface area contributed by atoms with Gasteiger partial charge in [0.2, 0.25) is 0 Å². The first-order chi connectivity index (χ1) is 12.1. The molecule has 4 nitrogen and oxygen atoms in total. The van der Waals surface area contributed by atoms with Gasteiger partial charge in [0.05, 0.1) is 5.56 Å². The van der Waals surface area contributed by atoms with E-state index in [-0.39, 0.29) is 18.6 Å². The molecule has 1 heterocycles. The Bertz CT molecular complexity index is 843. The van der Waals surface area contributed by atoms with Crippen molar-refractivity contribution in [1.82, 2.24) is 0 Å².